The fraction of sp³-hybridized carbons (Fsp3) is 0.500. The maximum absolute atomic E-state index is 11.1. The van der Waals surface area contributed by atoms with Crippen molar-refractivity contribution in [3.8, 4) is 5.75 Å². The molecule has 1 rings (SSSR count). The summed E-state index contributed by atoms with van der Waals surface area (Å²) in [4.78, 5) is 0. The van der Waals surface area contributed by atoms with E-state index in [0.717, 1.165) is 11.3 Å². The first kappa shape index (κ1) is 15.3. The Kier molecular flexibility index (Phi) is 5.98. The minimum Gasteiger partial charge on any atom is -0.497 e. The van der Waals surface area contributed by atoms with Gasteiger partial charge in [-0.2, -0.15) is 11.8 Å². The number of methoxy groups -OCH3 is 1. The molecule has 0 heterocycles. The Morgan fingerprint density at radius 2 is 2.17 bits per heavy atom. The second-order valence-corrected chi connectivity index (χ2v) is 7.57. The standard InChI is InChI=1S/C12H19NO3S2/c1-16-11-5-3-4-10(8-11)12(9-13)17-6-7-18(2,14)15/h3-5,8,12H,6-7,9,13H2,1-2H3. The molecule has 0 aliphatic heterocycles. The van der Waals surface area contributed by atoms with Crippen molar-refractivity contribution in [2.75, 3.05) is 31.4 Å². The minimum absolute atomic E-state index is 0.0989. The van der Waals surface area contributed by atoms with Gasteiger partial charge in [0, 0.05) is 23.8 Å². The van der Waals surface area contributed by atoms with Crippen LogP contribution < -0.4 is 10.5 Å². The Balaban J connectivity index is 2.65. The lowest BCUT2D eigenvalue weighted by molar-refractivity contribution is 0.414. The molecule has 6 heteroatoms. The Morgan fingerprint density at radius 3 is 2.72 bits per heavy atom. The molecule has 0 saturated heterocycles. The molecule has 0 aliphatic rings. The molecule has 1 unspecified atom stereocenters. The Bertz CT molecular complexity index is 474. The molecule has 2 N–H and O–H groups in total. The van der Waals surface area contributed by atoms with E-state index in [-0.39, 0.29) is 11.0 Å². The highest BCUT2D eigenvalue weighted by Gasteiger charge is 2.12. The zero-order chi connectivity index (χ0) is 13.6. The first-order valence-electron chi connectivity index (χ1n) is 5.59. The average Bonchev–Trinajstić information content (AvgIpc) is 2.33. The summed E-state index contributed by atoms with van der Waals surface area (Å²) in [6, 6.07) is 7.70. The number of sulfone groups is 1. The van der Waals surface area contributed by atoms with Crippen LogP contribution in [-0.2, 0) is 9.84 Å². The Labute approximate surface area is 113 Å². The van der Waals surface area contributed by atoms with Gasteiger partial charge in [-0.05, 0) is 17.7 Å². The van der Waals surface area contributed by atoms with Gasteiger partial charge < -0.3 is 10.5 Å². The molecular weight excluding hydrogens is 270 g/mol. The highest BCUT2D eigenvalue weighted by Crippen LogP contribution is 2.29. The lowest BCUT2D eigenvalue weighted by Gasteiger charge is -2.15. The summed E-state index contributed by atoms with van der Waals surface area (Å²) in [5.74, 6) is 1.52. The van der Waals surface area contributed by atoms with Gasteiger partial charge in [0.05, 0.1) is 12.9 Å². The number of rotatable bonds is 7. The maximum Gasteiger partial charge on any atom is 0.148 e. The highest BCUT2D eigenvalue weighted by molar-refractivity contribution is 8.00. The maximum atomic E-state index is 11.1. The molecule has 0 bridgehead atoms. The summed E-state index contributed by atoms with van der Waals surface area (Å²) >= 11 is 1.56. The molecule has 1 aromatic carbocycles. The zero-order valence-corrected chi connectivity index (χ0v) is 12.3. The minimum atomic E-state index is -2.91. The number of thioether (sulfide) groups is 1. The van der Waals surface area contributed by atoms with Crippen molar-refractivity contribution < 1.29 is 13.2 Å². The van der Waals surface area contributed by atoms with Gasteiger partial charge in [0.15, 0.2) is 0 Å². The van der Waals surface area contributed by atoms with E-state index >= 15 is 0 Å². The second kappa shape index (κ2) is 7.01. The molecule has 0 spiro atoms. The number of hydrogen-bond donors (Lipinski definition) is 1. The van der Waals surface area contributed by atoms with E-state index in [0.29, 0.717) is 12.3 Å². The van der Waals surface area contributed by atoms with Crippen LogP contribution in [-0.4, -0.2) is 39.8 Å². The predicted octanol–water partition coefficient (Wildman–Crippen LogP) is 1.47. The monoisotopic (exact) mass is 289 g/mol. The number of nitrogens with two attached hydrogens (primary N) is 1. The van der Waals surface area contributed by atoms with Crippen LogP contribution in [0.15, 0.2) is 24.3 Å². The molecule has 1 aromatic rings. The Morgan fingerprint density at radius 1 is 1.44 bits per heavy atom. The van der Waals surface area contributed by atoms with Crippen molar-refractivity contribution in [2.24, 2.45) is 5.73 Å². The lowest BCUT2D eigenvalue weighted by Crippen LogP contribution is -2.12. The summed E-state index contributed by atoms with van der Waals surface area (Å²) < 4.78 is 27.3. The second-order valence-electron chi connectivity index (χ2n) is 4.00. The van der Waals surface area contributed by atoms with Crippen LogP contribution in [0.4, 0.5) is 0 Å². The highest BCUT2D eigenvalue weighted by atomic mass is 32.2. The topological polar surface area (TPSA) is 69.4 Å². The van der Waals surface area contributed by atoms with E-state index in [9.17, 15) is 8.42 Å². The van der Waals surface area contributed by atoms with E-state index in [1.54, 1.807) is 18.9 Å². The van der Waals surface area contributed by atoms with Crippen molar-refractivity contribution in [3.63, 3.8) is 0 Å². The normalized spacial score (nSPS) is 13.3. The summed E-state index contributed by atoms with van der Waals surface area (Å²) in [5.41, 5.74) is 6.80. The molecule has 0 fully saturated rings. The van der Waals surface area contributed by atoms with Gasteiger partial charge in [-0.1, -0.05) is 12.1 Å². The van der Waals surface area contributed by atoms with Crippen LogP contribution in [0.1, 0.15) is 10.8 Å². The van der Waals surface area contributed by atoms with Crippen LogP contribution in [0.2, 0.25) is 0 Å². The average molecular weight is 289 g/mol. The van der Waals surface area contributed by atoms with Crippen LogP contribution in [0, 0.1) is 0 Å². The molecule has 0 radical (unpaired) electrons. The third kappa shape index (κ3) is 5.29. The van der Waals surface area contributed by atoms with Gasteiger partial charge in [0.25, 0.3) is 0 Å². The number of benzene rings is 1. The number of ether oxygens (including phenoxy) is 1. The third-order valence-electron chi connectivity index (χ3n) is 2.45. The molecule has 0 aliphatic carbocycles. The summed E-state index contributed by atoms with van der Waals surface area (Å²) in [5, 5.41) is 0.0989. The van der Waals surface area contributed by atoms with Crippen LogP contribution in [0.5, 0.6) is 5.75 Å². The molecular formula is C12H19NO3S2. The number of hydrogen-bond acceptors (Lipinski definition) is 5. The van der Waals surface area contributed by atoms with E-state index in [1.807, 2.05) is 24.3 Å². The summed E-state index contributed by atoms with van der Waals surface area (Å²) in [6.45, 7) is 0.474. The molecule has 18 heavy (non-hydrogen) atoms. The van der Waals surface area contributed by atoms with E-state index in [4.69, 9.17) is 10.5 Å². The third-order valence-corrected chi connectivity index (χ3v) is 4.96. The largest absolute Gasteiger partial charge is 0.497 e. The molecule has 4 nitrogen and oxygen atoms in total. The van der Waals surface area contributed by atoms with Crippen LogP contribution in [0.3, 0.4) is 0 Å². The quantitative estimate of drug-likeness (QED) is 0.823. The van der Waals surface area contributed by atoms with Gasteiger partial charge in [-0.3, -0.25) is 0 Å². The van der Waals surface area contributed by atoms with Gasteiger partial charge in [0.2, 0.25) is 0 Å². The van der Waals surface area contributed by atoms with E-state index < -0.39 is 9.84 Å². The lowest BCUT2D eigenvalue weighted by atomic mass is 10.1. The van der Waals surface area contributed by atoms with Crippen molar-refractivity contribution >= 4 is 21.6 Å². The molecule has 0 saturated carbocycles. The summed E-state index contributed by atoms with van der Waals surface area (Å²) in [7, 11) is -1.29. The van der Waals surface area contributed by atoms with Crippen molar-refractivity contribution in [2.45, 2.75) is 5.25 Å². The Hall–Kier alpha value is -0.720. The summed E-state index contributed by atoms with van der Waals surface area (Å²) in [6.07, 6.45) is 1.25. The van der Waals surface area contributed by atoms with Gasteiger partial charge in [-0.15, -0.1) is 0 Å². The van der Waals surface area contributed by atoms with Crippen LogP contribution >= 0.6 is 11.8 Å². The van der Waals surface area contributed by atoms with Crippen molar-refractivity contribution in [3.05, 3.63) is 29.8 Å². The van der Waals surface area contributed by atoms with Crippen LogP contribution in [0.25, 0.3) is 0 Å². The fourth-order valence-corrected chi connectivity index (χ4v) is 3.84. The van der Waals surface area contributed by atoms with Crippen molar-refractivity contribution in [1.29, 1.82) is 0 Å². The first-order valence-corrected chi connectivity index (χ1v) is 8.70. The van der Waals surface area contributed by atoms with Gasteiger partial charge >= 0.3 is 0 Å². The van der Waals surface area contributed by atoms with E-state index in [2.05, 4.69) is 0 Å². The molecule has 102 valence electrons. The molecule has 0 amide bonds. The molecule has 0 aromatic heterocycles. The van der Waals surface area contributed by atoms with Gasteiger partial charge in [-0.25, -0.2) is 8.42 Å². The fourth-order valence-electron chi connectivity index (χ4n) is 1.48. The SMILES string of the molecule is COc1cccc(C(CN)SCCS(C)(=O)=O)c1. The molecule has 1 atom stereocenters. The zero-order valence-electron chi connectivity index (χ0n) is 10.6. The van der Waals surface area contributed by atoms with Crippen molar-refractivity contribution in [1.82, 2.24) is 0 Å². The smallest absolute Gasteiger partial charge is 0.148 e. The predicted molar refractivity (Wildman–Crippen MR) is 77.0 cm³/mol. The van der Waals surface area contributed by atoms with E-state index in [1.165, 1.54) is 6.26 Å². The van der Waals surface area contributed by atoms with Gasteiger partial charge in [0.1, 0.15) is 15.6 Å². The first-order chi connectivity index (χ1) is 8.46.